The van der Waals surface area contributed by atoms with E-state index in [-0.39, 0.29) is 17.7 Å². The lowest BCUT2D eigenvalue weighted by molar-refractivity contribution is -0.121. The van der Waals surface area contributed by atoms with Gasteiger partial charge >= 0.3 is 10.3 Å². The average Bonchev–Trinajstić information content (AvgIpc) is 3.50. The van der Waals surface area contributed by atoms with Gasteiger partial charge in [-0.3, -0.25) is 4.79 Å². The first-order chi connectivity index (χ1) is 16.4. The predicted octanol–water partition coefficient (Wildman–Crippen LogP) is 4.49. The van der Waals surface area contributed by atoms with Crippen LogP contribution in [0.5, 0.6) is 5.75 Å². The Morgan fingerprint density at radius 2 is 1.76 bits per heavy atom. The highest BCUT2D eigenvalue weighted by molar-refractivity contribution is 7.84. The fourth-order valence-electron chi connectivity index (χ4n) is 3.41. The molecule has 0 aliphatic heterocycles. The van der Waals surface area contributed by atoms with E-state index in [4.69, 9.17) is 14.3 Å². The molecule has 2 aromatic carbocycles. The number of hydrogen-bond acceptors (Lipinski definition) is 7. The molecule has 0 saturated heterocycles. The van der Waals surface area contributed by atoms with Crippen LogP contribution in [0.3, 0.4) is 0 Å². The van der Waals surface area contributed by atoms with Gasteiger partial charge in [0, 0.05) is 11.8 Å². The number of thiophene rings is 1. The van der Waals surface area contributed by atoms with Crippen molar-refractivity contribution in [1.29, 1.82) is 0 Å². The Labute approximate surface area is 206 Å². The minimum atomic E-state index is -4.08. The second kappa shape index (κ2) is 10.9. The van der Waals surface area contributed by atoms with Crippen LogP contribution in [-0.4, -0.2) is 19.3 Å². The highest BCUT2D eigenvalue weighted by Gasteiger charge is 2.20. The van der Waals surface area contributed by atoms with Crippen LogP contribution in [0.4, 0.5) is 0 Å². The van der Waals surface area contributed by atoms with Crippen molar-refractivity contribution in [2.24, 2.45) is 5.14 Å². The smallest absolute Gasteiger partial charge is 0.371 e. The number of carbonyl (C=O) groups excluding carboxylic acids is 1. The molecule has 34 heavy (non-hydrogen) atoms. The Hall–Kier alpha value is -3.05. The van der Waals surface area contributed by atoms with Crippen molar-refractivity contribution in [3.63, 3.8) is 0 Å². The van der Waals surface area contributed by atoms with Crippen molar-refractivity contribution in [1.82, 2.24) is 10.3 Å². The van der Waals surface area contributed by atoms with E-state index in [1.807, 2.05) is 53.2 Å². The Morgan fingerprint density at radius 1 is 1.00 bits per heavy atom. The van der Waals surface area contributed by atoms with E-state index in [9.17, 15) is 13.2 Å². The van der Waals surface area contributed by atoms with Gasteiger partial charge in [0.05, 0.1) is 16.6 Å². The molecule has 0 aliphatic carbocycles. The number of hydrogen-bond donors (Lipinski definition) is 2. The van der Waals surface area contributed by atoms with Crippen molar-refractivity contribution >= 4 is 38.9 Å². The van der Waals surface area contributed by atoms with Crippen LogP contribution in [0, 0.1) is 0 Å². The van der Waals surface area contributed by atoms with Crippen molar-refractivity contribution in [3.8, 4) is 15.6 Å². The fourth-order valence-corrected chi connectivity index (χ4v) is 5.48. The van der Waals surface area contributed by atoms with E-state index < -0.39 is 10.3 Å². The number of amides is 1. The second-order valence-corrected chi connectivity index (χ2v) is 10.5. The molecular weight excluding hydrogens is 490 g/mol. The summed E-state index contributed by atoms with van der Waals surface area (Å²) in [5.74, 6) is 0.0667. The molecule has 4 rings (SSSR count). The molecule has 0 unspecified atom stereocenters. The van der Waals surface area contributed by atoms with Gasteiger partial charge in [-0.05, 0) is 47.5 Å². The Kier molecular flexibility index (Phi) is 7.73. The number of nitrogens with one attached hydrogen (secondary N) is 1. The Balaban J connectivity index is 1.49. The average molecular weight is 514 g/mol. The number of nitrogens with zero attached hydrogens (tertiary/aromatic N) is 1. The highest BCUT2D eigenvalue weighted by Crippen LogP contribution is 2.31. The van der Waals surface area contributed by atoms with Crippen molar-refractivity contribution in [2.45, 2.75) is 25.3 Å². The topological polar surface area (TPSA) is 111 Å². The first kappa shape index (κ1) is 24.1. The van der Waals surface area contributed by atoms with E-state index >= 15 is 0 Å². The third kappa shape index (κ3) is 6.97. The number of rotatable bonds is 10. The maximum atomic E-state index is 12.8. The van der Waals surface area contributed by atoms with Gasteiger partial charge in [-0.1, -0.05) is 48.5 Å². The van der Waals surface area contributed by atoms with Crippen LogP contribution in [0.15, 0.2) is 77.5 Å². The fraction of sp³-hybridized carbons (Fsp3) is 0.167. The van der Waals surface area contributed by atoms with Crippen LogP contribution >= 0.6 is 22.7 Å². The van der Waals surface area contributed by atoms with E-state index in [1.165, 1.54) is 23.5 Å². The molecule has 0 bridgehead atoms. The lowest BCUT2D eigenvalue weighted by Crippen LogP contribution is -2.30. The van der Waals surface area contributed by atoms with Crippen LogP contribution in [-0.2, 0) is 27.9 Å². The Bertz CT molecular complexity index is 1320. The highest BCUT2D eigenvalue weighted by atomic mass is 32.2. The second-order valence-electron chi connectivity index (χ2n) is 7.58. The zero-order valence-corrected chi connectivity index (χ0v) is 20.5. The van der Waals surface area contributed by atoms with Crippen LogP contribution < -0.4 is 14.6 Å². The molecule has 1 amide bonds. The number of nitrogens with two attached hydrogens (primary N) is 1. The third-order valence-corrected chi connectivity index (χ3v) is 7.33. The summed E-state index contributed by atoms with van der Waals surface area (Å²) in [7, 11) is -4.08. The van der Waals surface area contributed by atoms with Gasteiger partial charge in [0.2, 0.25) is 5.91 Å². The predicted molar refractivity (Wildman–Crippen MR) is 135 cm³/mol. The zero-order valence-electron chi connectivity index (χ0n) is 18.1. The van der Waals surface area contributed by atoms with Gasteiger partial charge in [-0.25, -0.2) is 4.98 Å². The molecule has 7 nitrogen and oxygen atoms in total. The molecular formula is C24H23N3O4S3. The van der Waals surface area contributed by atoms with E-state index in [1.54, 1.807) is 23.5 Å². The lowest BCUT2D eigenvalue weighted by Gasteiger charge is -2.17. The number of aromatic nitrogens is 1. The molecule has 10 heteroatoms. The van der Waals surface area contributed by atoms with Crippen LogP contribution in [0.1, 0.15) is 29.3 Å². The minimum Gasteiger partial charge on any atom is -0.371 e. The molecule has 2 heterocycles. The molecule has 0 saturated carbocycles. The maximum absolute atomic E-state index is 12.8. The summed E-state index contributed by atoms with van der Waals surface area (Å²) >= 11 is 3.16. The van der Waals surface area contributed by atoms with E-state index in [2.05, 4.69) is 5.32 Å². The van der Waals surface area contributed by atoms with Gasteiger partial charge in [-0.2, -0.15) is 13.6 Å². The molecule has 2 aromatic heterocycles. The Morgan fingerprint density at radius 3 is 2.44 bits per heavy atom. The van der Waals surface area contributed by atoms with Gasteiger partial charge < -0.3 is 9.50 Å². The number of benzene rings is 2. The summed E-state index contributed by atoms with van der Waals surface area (Å²) in [5.41, 5.74) is 2.78. The normalized spacial score (nSPS) is 12.3. The number of thiazole rings is 1. The largest absolute Gasteiger partial charge is 0.380 e. The summed E-state index contributed by atoms with van der Waals surface area (Å²) < 4.78 is 27.0. The van der Waals surface area contributed by atoms with Crippen LogP contribution in [0.2, 0.25) is 0 Å². The molecule has 0 spiro atoms. The number of carbonyl (C=O) groups is 1. The molecule has 0 fully saturated rings. The minimum absolute atomic E-state index is 0.0614. The molecule has 4 aromatic rings. The SMILES string of the molecule is NS(=O)(=O)Oc1ccc(C[C@H](NC(=O)CCc2ccccc2)c2csc(-c3cccs3)n2)cc1. The summed E-state index contributed by atoms with van der Waals surface area (Å²) in [4.78, 5) is 18.7. The quantitative estimate of drug-likeness (QED) is 0.325. The summed E-state index contributed by atoms with van der Waals surface area (Å²) in [5, 5.41) is 12.9. The summed E-state index contributed by atoms with van der Waals surface area (Å²) in [6.45, 7) is 0. The molecule has 0 aliphatic rings. The molecule has 1 atom stereocenters. The van der Waals surface area contributed by atoms with E-state index in [0.717, 1.165) is 26.7 Å². The van der Waals surface area contributed by atoms with Crippen molar-refractivity contribution < 1.29 is 17.4 Å². The van der Waals surface area contributed by atoms with Crippen molar-refractivity contribution in [2.75, 3.05) is 0 Å². The van der Waals surface area contributed by atoms with E-state index in [0.29, 0.717) is 19.3 Å². The zero-order chi connectivity index (χ0) is 24.0. The first-order valence-corrected chi connectivity index (χ1v) is 13.7. The maximum Gasteiger partial charge on any atom is 0.380 e. The molecule has 3 N–H and O–H groups in total. The third-order valence-electron chi connectivity index (χ3n) is 5.01. The van der Waals surface area contributed by atoms with Gasteiger partial charge in [0.15, 0.2) is 0 Å². The van der Waals surface area contributed by atoms with Crippen molar-refractivity contribution in [3.05, 3.63) is 94.3 Å². The summed E-state index contributed by atoms with van der Waals surface area (Å²) in [6.07, 6.45) is 1.50. The first-order valence-electron chi connectivity index (χ1n) is 10.5. The molecule has 176 valence electrons. The van der Waals surface area contributed by atoms with Gasteiger partial charge in [0.1, 0.15) is 10.8 Å². The standard InChI is InChI=1S/C24H23N3O4S3/c25-34(29,30)31-19-11-8-18(9-12-19)15-20(21-16-33-24(27-21)22-7-4-14-32-22)26-23(28)13-10-17-5-2-1-3-6-17/h1-9,11-12,14,16,20H,10,13,15H2,(H,26,28)(H2,25,29,30)/t20-/m0/s1. The molecule has 0 radical (unpaired) electrons. The monoisotopic (exact) mass is 513 g/mol. The van der Waals surface area contributed by atoms with Gasteiger partial charge in [-0.15, -0.1) is 22.7 Å². The van der Waals surface area contributed by atoms with Crippen LogP contribution in [0.25, 0.3) is 9.88 Å². The summed E-state index contributed by atoms with van der Waals surface area (Å²) in [6, 6.07) is 20.1. The number of aryl methyl sites for hydroxylation is 1. The van der Waals surface area contributed by atoms with Gasteiger partial charge in [0.25, 0.3) is 0 Å². The lowest BCUT2D eigenvalue weighted by atomic mass is 10.0.